The van der Waals surface area contributed by atoms with Crippen molar-refractivity contribution in [3.8, 4) is 0 Å². The van der Waals surface area contributed by atoms with Crippen molar-refractivity contribution in [3.05, 3.63) is 36.0 Å². The maximum atomic E-state index is 12.7. The first-order chi connectivity index (χ1) is 9.77. The van der Waals surface area contributed by atoms with Gasteiger partial charge in [0, 0.05) is 31.3 Å². The van der Waals surface area contributed by atoms with Crippen LogP contribution in [0.3, 0.4) is 0 Å². The normalized spacial score (nSPS) is 10.9. The minimum Gasteiger partial charge on any atom is -0.396 e. The number of nitrogens with zero attached hydrogens (tertiary/aromatic N) is 1. The molecule has 1 aromatic heterocycles. The molecule has 0 radical (unpaired) electrons. The summed E-state index contributed by atoms with van der Waals surface area (Å²) < 4.78 is 0. The van der Waals surface area contributed by atoms with Crippen LogP contribution in [0.4, 0.5) is 0 Å². The molecule has 1 heterocycles. The van der Waals surface area contributed by atoms with E-state index in [0.29, 0.717) is 18.5 Å². The summed E-state index contributed by atoms with van der Waals surface area (Å²) in [4.78, 5) is 17.7. The van der Waals surface area contributed by atoms with E-state index >= 15 is 0 Å². The standard InChI is InChI=1S/C16H22N2O2/c1-2-3-10-18(11-5-12-19)16(20)14-7-4-6-13-8-9-17-15(13)14/h4,6-9,17,19H,2-3,5,10-12H2,1H3. The third-order valence-corrected chi connectivity index (χ3v) is 3.47. The molecule has 2 rings (SSSR count). The second-order valence-electron chi connectivity index (χ2n) is 4.97. The minimum atomic E-state index is 0.0416. The number of nitrogens with one attached hydrogen (secondary N) is 1. The predicted octanol–water partition coefficient (Wildman–Crippen LogP) is 2.79. The first-order valence-corrected chi connectivity index (χ1v) is 7.24. The lowest BCUT2D eigenvalue weighted by atomic mass is 10.1. The number of carbonyl (C=O) groups excluding carboxylic acids is 1. The van der Waals surface area contributed by atoms with Gasteiger partial charge < -0.3 is 15.0 Å². The van der Waals surface area contributed by atoms with Gasteiger partial charge in [-0.3, -0.25) is 4.79 Å². The highest BCUT2D eigenvalue weighted by Crippen LogP contribution is 2.19. The van der Waals surface area contributed by atoms with Crippen LogP contribution in [0.2, 0.25) is 0 Å². The Labute approximate surface area is 119 Å². The molecular formula is C16H22N2O2. The summed E-state index contributed by atoms with van der Waals surface area (Å²) in [5.74, 6) is 0.0416. The zero-order chi connectivity index (χ0) is 14.4. The Balaban J connectivity index is 2.23. The third kappa shape index (κ3) is 3.20. The van der Waals surface area contributed by atoms with E-state index < -0.39 is 0 Å². The second kappa shape index (κ2) is 7.10. The number of H-pyrrole nitrogens is 1. The highest BCUT2D eigenvalue weighted by molar-refractivity contribution is 6.05. The maximum Gasteiger partial charge on any atom is 0.255 e. The molecule has 0 aliphatic rings. The third-order valence-electron chi connectivity index (χ3n) is 3.47. The van der Waals surface area contributed by atoms with Crippen LogP contribution in [-0.2, 0) is 0 Å². The van der Waals surface area contributed by atoms with Crippen LogP contribution in [0, 0.1) is 0 Å². The van der Waals surface area contributed by atoms with Gasteiger partial charge in [0.05, 0.1) is 11.1 Å². The number of amides is 1. The van der Waals surface area contributed by atoms with Crippen LogP contribution in [0.5, 0.6) is 0 Å². The fraction of sp³-hybridized carbons (Fsp3) is 0.438. The SMILES string of the molecule is CCCCN(CCCO)C(=O)c1cccc2cc[nH]c12. The molecule has 0 fully saturated rings. The highest BCUT2D eigenvalue weighted by atomic mass is 16.3. The quantitative estimate of drug-likeness (QED) is 0.815. The summed E-state index contributed by atoms with van der Waals surface area (Å²) in [6.07, 6.45) is 4.51. The van der Waals surface area contributed by atoms with Crippen molar-refractivity contribution in [2.75, 3.05) is 19.7 Å². The van der Waals surface area contributed by atoms with E-state index in [0.717, 1.165) is 30.3 Å². The largest absolute Gasteiger partial charge is 0.396 e. The van der Waals surface area contributed by atoms with E-state index in [1.165, 1.54) is 0 Å². The van der Waals surface area contributed by atoms with E-state index in [4.69, 9.17) is 5.11 Å². The molecule has 0 aliphatic carbocycles. The molecule has 4 nitrogen and oxygen atoms in total. The number of carbonyl (C=O) groups is 1. The first kappa shape index (κ1) is 14.6. The van der Waals surface area contributed by atoms with E-state index in [-0.39, 0.29) is 12.5 Å². The molecule has 108 valence electrons. The maximum absolute atomic E-state index is 12.7. The van der Waals surface area contributed by atoms with Crippen molar-refractivity contribution in [3.63, 3.8) is 0 Å². The lowest BCUT2D eigenvalue weighted by Gasteiger charge is -2.22. The number of hydrogen-bond acceptors (Lipinski definition) is 2. The van der Waals surface area contributed by atoms with Crippen molar-refractivity contribution in [1.82, 2.24) is 9.88 Å². The van der Waals surface area contributed by atoms with Gasteiger partial charge in [-0.1, -0.05) is 25.5 Å². The molecule has 0 saturated heterocycles. The van der Waals surface area contributed by atoms with Crippen molar-refractivity contribution < 1.29 is 9.90 Å². The van der Waals surface area contributed by atoms with Crippen molar-refractivity contribution in [2.24, 2.45) is 0 Å². The number of aliphatic hydroxyl groups is 1. The Morgan fingerprint density at radius 1 is 1.25 bits per heavy atom. The Morgan fingerprint density at radius 3 is 2.80 bits per heavy atom. The number of aromatic amines is 1. The van der Waals surface area contributed by atoms with Crippen molar-refractivity contribution >= 4 is 16.8 Å². The molecule has 2 aromatic rings. The number of fused-ring (bicyclic) bond motifs is 1. The first-order valence-electron chi connectivity index (χ1n) is 7.24. The van der Waals surface area contributed by atoms with E-state index in [2.05, 4.69) is 11.9 Å². The molecule has 2 N–H and O–H groups in total. The van der Waals surface area contributed by atoms with Gasteiger partial charge >= 0.3 is 0 Å². The molecule has 1 amide bonds. The average molecular weight is 274 g/mol. The molecule has 0 atom stereocenters. The van der Waals surface area contributed by atoms with E-state index in [1.807, 2.05) is 35.4 Å². The van der Waals surface area contributed by atoms with Crippen LogP contribution in [0.1, 0.15) is 36.5 Å². The van der Waals surface area contributed by atoms with Gasteiger partial charge in [-0.15, -0.1) is 0 Å². The van der Waals surface area contributed by atoms with Gasteiger partial charge in [0.1, 0.15) is 0 Å². The fourth-order valence-corrected chi connectivity index (χ4v) is 2.36. The molecule has 20 heavy (non-hydrogen) atoms. The number of para-hydroxylation sites is 1. The zero-order valence-corrected chi connectivity index (χ0v) is 11.9. The van der Waals surface area contributed by atoms with Gasteiger partial charge in [0.25, 0.3) is 5.91 Å². The number of hydrogen-bond donors (Lipinski definition) is 2. The predicted molar refractivity (Wildman–Crippen MR) is 80.8 cm³/mol. The van der Waals surface area contributed by atoms with Crippen LogP contribution in [0.15, 0.2) is 30.5 Å². The number of aromatic nitrogens is 1. The molecule has 0 bridgehead atoms. The molecule has 0 aliphatic heterocycles. The highest BCUT2D eigenvalue weighted by Gasteiger charge is 2.17. The van der Waals surface area contributed by atoms with Crippen LogP contribution < -0.4 is 0 Å². The summed E-state index contributed by atoms with van der Waals surface area (Å²) >= 11 is 0. The lowest BCUT2D eigenvalue weighted by molar-refractivity contribution is 0.0744. The van der Waals surface area contributed by atoms with E-state index in [1.54, 1.807) is 0 Å². The summed E-state index contributed by atoms with van der Waals surface area (Å²) in [6, 6.07) is 7.73. The van der Waals surface area contributed by atoms with E-state index in [9.17, 15) is 4.79 Å². The fourth-order valence-electron chi connectivity index (χ4n) is 2.36. The van der Waals surface area contributed by atoms with Gasteiger partial charge in [-0.25, -0.2) is 0 Å². The van der Waals surface area contributed by atoms with Crippen LogP contribution in [0.25, 0.3) is 10.9 Å². The second-order valence-corrected chi connectivity index (χ2v) is 4.97. The lowest BCUT2D eigenvalue weighted by Crippen LogP contribution is -2.33. The number of unbranched alkanes of at least 4 members (excludes halogenated alkanes) is 1. The van der Waals surface area contributed by atoms with Gasteiger partial charge in [-0.2, -0.15) is 0 Å². The zero-order valence-electron chi connectivity index (χ0n) is 11.9. The Morgan fingerprint density at radius 2 is 2.05 bits per heavy atom. The van der Waals surface area contributed by atoms with Crippen LogP contribution >= 0.6 is 0 Å². The van der Waals surface area contributed by atoms with Crippen molar-refractivity contribution in [2.45, 2.75) is 26.2 Å². The molecule has 0 unspecified atom stereocenters. The summed E-state index contributed by atoms with van der Waals surface area (Å²) in [5.41, 5.74) is 1.60. The molecule has 1 aromatic carbocycles. The smallest absolute Gasteiger partial charge is 0.255 e. The Hall–Kier alpha value is -1.81. The van der Waals surface area contributed by atoms with Gasteiger partial charge in [0.2, 0.25) is 0 Å². The minimum absolute atomic E-state index is 0.0416. The average Bonchev–Trinajstić information content (AvgIpc) is 2.95. The Bertz CT molecular complexity index is 554. The monoisotopic (exact) mass is 274 g/mol. The van der Waals surface area contributed by atoms with Crippen LogP contribution in [-0.4, -0.2) is 40.6 Å². The number of rotatable bonds is 7. The van der Waals surface area contributed by atoms with Crippen molar-refractivity contribution in [1.29, 1.82) is 0 Å². The number of aliphatic hydroxyl groups excluding tert-OH is 1. The topological polar surface area (TPSA) is 56.3 Å². The molecule has 4 heteroatoms. The van der Waals surface area contributed by atoms with Gasteiger partial charge in [0.15, 0.2) is 0 Å². The molecule has 0 spiro atoms. The summed E-state index contributed by atoms with van der Waals surface area (Å²) in [6.45, 7) is 3.57. The van der Waals surface area contributed by atoms with Gasteiger partial charge in [-0.05, 0) is 25.0 Å². The number of benzene rings is 1. The Kier molecular flexibility index (Phi) is 5.18. The molecular weight excluding hydrogens is 252 g/mol. The molecule has 0 saturated carbocycles. The summed E-state index contributed by atoms with van der Waals surface area (Å²) in [7, 11) is 0. The summed E-state index contributed by atoms with van der Waals surface area (Å²) in [5, 5.41) is 10.0.